The number of hydrogen-bond acceptors (Lipinski definition) is 3. The van der Waals surface area contributed by atoms with Crippen molar-refractivity contribution in [3.8, 4) is 0 Å². The fraction of sp³-hybridized carbons (Fsp3) is 0.167. The van der Waals surface area contributed by atoms with Crippen LogP contribution in [0.25, 0.3) is 0 Å². The molecule has 0 spiro atoms. The Kier molecular flexibility index (Phi) is 61.3. The quantitative estimate of drug-likeness (QED) is 0.435. The predicted octanol–water partition coefficient (Wildman–Crippen LogP) is -11.3. The van der Waals surface area contributed by atoms with Crippen LogP contribution in [0.5, 0.6) is 0 Å². The van der Waals surface area contributed by atoms with Crippen LogP contribution >= 0.6 is 0 Å². The fourth-order valence-electron chi connectivity index (χ4n) is 0.488. The Balaban J connectivity index is -0.0000000267. The zero-order valence-corrected chi connectivity index (χ0v) is 12.2. The Morgan fingerprint density at radius 2 is 1.36 bits per heavy atom. The van der Waals surface area contributed by atoms with Crippen LogP contribution in [0.1, 0.15) is 5.56 Å². The molecule has 3 nitrogen and oxygen atoms in total. The molecular weight excluding hydrogens is 453 g/mol. The van der Waals surface area contributed by atoms with Crippen LogP contribution in [0, 0.1) is 0 Å². The molecule has 0 aromatic carbocycles. The smallest absolute Gasteiger partial charge is 1.00 e. The van der Waals surface area contributed by atoms with Crippen molar-refractivity contribution in [2.75, 3.05) is 0 Å². The van der Waals surface area contributed by atoms with Crippen molar-refractivity contribution in [2.24, 2.45) is 0 Å². The molecule has 0 fully saturated rings. The maximum atomic E-state index is 8.51. The second kappa shape index (κ2) is 23.6. The van der Waals surface area contributed by atoms with Crippen molar-refractivity contribution in [3.63, 3.8) is 0 Å². The molecule has 1 aromatic heterocycles. The molecule has 1 heterocycles. The van der Waals surface area contributed by atoms with Gasteiger partial charge >= 0.3 is 21.1 Å². The average molecular weight is 463 g/mol. The summed E-state index contributed by atoms with van der Waals surface area (Å²) in [5.74, 6) is 0. The van der Waals surface area contributed by atoms with Gasteiger partial charge in [-0.3, -0.25) is 4.98 Å². The van der Waals surface area contributed by atoms with Crippen LogP contribution in [-0.2, 0) is 27.7 Å². The van der Waals surface area contributed by atoms with E-state index in [9.17, 15) is 0 Å². The van der Waals surface area contributed by atoms with E-state index in [4.69, 9.17) is 5.11 Å². The molecule has 90 valence electrons. The molecule has 0 amide bonds. The van der Waals surface area contributed by atoms with Crippen molar-refractivity contribution < 1.29 is 75.8 Å². The van der Waals surface area contributed by atoms with E-state index in [-0.39, 0.29) is 83.5 Å². The molecule has 0 saturated carbocycles. The molecule has 0 aliphatic carbocycles. The van der Waals surface area contributed by atoms with Crippen LogP contribution in [-0.4, -0.2) is 10.1 Å². The molecular formula is C6H10Cl4N2OPt-2. The molecule has 1 rings (SSSR count). The summed E-state index contributed by atoms with van der Waals surface area (Å²) in [4.78, 5) is 3.78. The first-order chi connectivity index (χ1) is 3.93. The standard InChI is InChI=1S/C6H7NO.4ClH.H3N.Pt/c8-5-6-1-3-7-4-2-6;;;;;;/h1-4,8H,5H2;4*1H;1H3;/q;;;;;;+2/p-4. The summed E-state index contributed by atoms with van der Waals surface area (Å²) in [6.07, 6.45) is 3.32. The molecule has 8 heteroatoms. The molecule has 0 radical (unpaired) electrons. The van der Waals surface area contributed by atoms with Gasteiger partial charge < -0.3 is 60.9 Å². The minimum Gasteiger partial charge on any atom is -1.00 e. The van der Waals surface area contributed by atoms with E-state index in [0.29, 0.717) is 0 Å². The van der Waals surface area contributed by atoms with Gasteiger partial charge in [0.05, 0.1) is 6.61 Å². The minimum atomic E-state index is 0. The number of halogens is 4. The molecule has 1 aromatic rings. The molecule has 4 N–H and O–H groups in total. The zero-order chi connectivity index (χ0) is 5.82. The van der Waals surface area contributed by atoms with Crippen molar-refractivity contribution in [1.82, 2.24) is 11.1 Å². The van der Waals surface area contributed by atoms with E-state index < -0.39 is 0 Å². The first-order valence-electron chi connectivity index (χ1n) is 2.43. The Hall–Kier alpha value is 0.918. The van der Waals surface area contributed by atoms with Gasteiger partial charge in [-0.25, -0.2) is 0 Å². The summed E-state index contributed by atoms with van der Waals surface area (Å²) < 4.78 is 0. The van der Waals surface area contributed by atoms with Crippen molar-refractivity contribution in [3.05, 3.63) is 30.1 Å². The van der Waals surface area contributed by atoms with Gasteiger partial charge in [-0.1, -0.05) is 0 Å². The van der Waals surface area contributed by atoms with Gasteiger partial charge in [0.1, 0.15) is 0 Å². The summed E-state index contributed by atoms with van der Waals surface area (Å²) >= 11 is 0. The number of hydrogen-bond donors (Lipinski definition) is 2. The third-order valence-electron chi connectivity index (χ3n) is 0.932. The number of nitrogens with zero attached hydrogens (tertiary/aromatic N) is 1. The first kappa shape index (κ1) is 36.3. The van der Waals surface area contributed by atoms with Gasteiger partial charge in [-0.05, 0) is 17.7 Å². The Morgan fingerprint density at radius 1 is 1.00 bits per heavy atom. The molecule has 0 unspecified atom stereocenters. The number of pyridine rings is 1. The topological polar surface area (TPSA) is 68.1 Å². The zero-order valence-electron chi connectivity index (χ0n) is 6.95. The number of aliphatic hydroxyl groups excluding tert-OH is 1. The van der Waals surface area contributed by atoms with Crippen molar-refractivity contribution in [1.29, 1.82) is 0 Å². The number of aromatic nitrogens is 1. The Labute approximate surface area is 123 Å². The largest absolute Gasteiger partial charge is 2.00 e. The van der Waals surface area contributed by atoms with Gasteiger partial charge in [0, 0.05) is 12.4 Å². The van der Waals surface area contributed by atoms with Crippen LogP contribution < -0.4 is 55.8 Å². The second-order valence-corrected chi connectivity index (χ2v) is 1.51. The van der Waals surface area contributed by atoms with E-state index in [0.717, 1.165) is 5.56 Å². The van der Waals surface area contributed by atoms with E-state index in [1.54, 1.807) is 24.5 Å². The minimum absolute atomic E-state index is 0. The molecule has 14 heavy (non-hydrogen) atoms. The molecule has 0 bridgehead atoms. The van der Waals surface area contributed by atoms with E-state index in [1.807, 2.05) is 0 Å². The van der Waals surface area contributed by atoms with E-state index in [2.05, 4.69) is 4.98 Å². The SMILES string of the molecule is N.OCc1ccncc1.[Cl-].[Cl-].[Cl-].[Cl-].[Pt+2]. The molecule has 0 aliphatic rings. The average Bonchev–Trinajstić information content (AvgIpc) is 1.90. The normalized spacial score (nSPS) is 5.21. The second-order valence-electron chi connectivity index (χ2n) is 1.51. The van der Waals surface area contributed by atoms with Crippen molar-refractivity contribution >= 4 is 0 Å². The van der Waals surface area contributed by atoms with E-state index >= 15 is 0 Å². The summed E-state index contributed by atoms with van der Waals surface area (Å²) in [5.41, 5.74) is 0.903. The van der Waals surface area contributed by atoms with Crippen LogP contribution in [0.3, 0.4) is 0 Å². The van der Waals surface area contributed by atoms with Gasteiger partial charge in [0.2, 0.25) is 0 Å². The van der Waals surface area contributed by atoms with Crippen LogP contribution in [0.2, 0.25) is 0 Å². The Bertz CT molecular complexity index is 169. The maximum Gasteiger partial charge on any atom is 2.00 e. The number of aliphatic hydroxyl groups is 1. The van der Waals surface area contributed by atoms with Gasteiger partial charge in [-0.2, -0.15) is 0 Å². The fourth-order valence-corrected chi connectivity index (χ4v) is 0.488. The Morgan fingerprint density at radius 3 is 1.57 bits per heavy atom. The van der Waals surface area contributed by atoms with Crippen LogP contribution in [0.15, 0.2) is 24.5 Å². The number of rotatable bonds is 1. The molecule has 0 atom stereocenters. The monoisotopic (exact) mass is 461 g/mol. The molecule has 0 saturated heterocycles. The van der Waals surface area contributed by atoms with Gasteiger partial charge in [-0.15, -0.1) is 0 Å². The summed E-state index contributed by atoms with van der Waals surface area (Å²) in [5, 5.41) is 8.51. The summed E-state index contributed by atoms with van der Waals surface area (Å²) in [6.45, 7) is 0.0997. The van der Waals surface area contributed by atoms with Crippen LogP contribution in [0.4, 0.5) is 0 Å². The molecule has 0 aliphatic heterocycles. The van der Waals surface area contributed by atoms with Gasteiger partial charge in [0.15, 0.2) is 0 Å². The third-order valence-corrected chi connectivity index (χ3v) is 0.932. The van der Waals surface area contributed by atoms with E-state index in [1.165, 1.54) is 0 Å². The van der Waals surface area contributed by atoms with Crippen molar-refractivity contribution in [2.45, 2.75) is 6.61 Å². The third kappa shape index (κ3) is 15.4. The van der Waals surface area contributed by atoms with Gasteiger partial charge in [0.25, 0.3) is 0 Å². The maximum absolute atomic E-state index is 8.51. The summed E-state index contributed by atoms with van der Waals surface area (Å²) in [7, 11) is 0. The summed E-state index contributed by atoms with van der Waals surface area (Å²) in [6, 6.07) is 3.56. The first-order valence-corrected chi connectivity index (χ1v) is 2.43. The predicted molar refractivity (Wildman–Crippen MR) is 35.2 cm³/mol.